The lowest BCUT2D eigenvalue weighted by Gasteiger charge is -2.09. The van der Waals surface area contributed by atoms with Crippen molar-refractivity contribution in [2.75, 3.05) is 11.1 Å². The fraction of sp³-hybridized carbons (Fsp3) is 0.182. The zero-order valence-corrected chi connectivity index (χ0v) is 9.67. The van der Waals surface area contributed by atoms with Gasteiger partial charge in [-0.2, -0.15) is 4.98 Å². The van der Waals surface area contributed by atoms with Crippen molar-refractivity contribution in [3.05, 3.63) is 35.5 Å². The monoisotopic (exact) mass is 248 g/mol. The van der Waals surface area contributed by atoms with Crippen LogP contribution in [-0.4, -0.2) is 21.2 Å². The molecule has 0 spiro atoms. The van der Waals surface area contributed by atoms with Crippen molar-refractivity contribution in [3.8, 4) is 0 Å². The number of carbonyl (C=O) groups is 1. The van der Waals surface area contributed by atoms with Crippen LogP contribution < -0.4 is 11.1 Å². The Labute approximate surface area is 103 Å². The minimum atomic E-state index is -1.07. The molecule has 0 aliphatic rings. The van der Waals surface area contributed by atoms with E-state index in [1.165, 1.54) is 6.07 Å². The van der Waals surface area contributed by atoms with Crippen LogP contribution in [0.15, 0.2) is 22.7 Å². The van der Waals surface area contributed by atoms with E-state index in [1.807, 2.05) is 0 Å². The Hall–Kier alpha value is -2.57. The topological polar surface area (TPSA) is 114 Å². The Morgan fingerprint density at radius 3 is 2.94 bits per heavy atom. The summed E-state index contributed by atoms with van der Waals surface area (Å²) in [5.41, 5.74) is 6.50. The highest BCUT2D eigenvalue weighted by Gasteiger charge is 2.11. The van der Waals surface area contributed by atoms with Crippen LogP contribution in [0.2, 0.25) is 0 Å². The lowest BCUT2D eigenvalue weighted by molar-refractivity contribution is 0.0698. The Morgan fingerprint density at radius 1 is 1.56 bits per heavy atom. The molecule has 4 N–H and O–H groups in total. The van der Waals surface area contributed by atoms with Crippen molar-refractivity contribution in [2.24, 2.45) is 0 Å². The van der Waals surface area contributed by atoms with E-state index in [9.17, 15) is 4.79 Å². The van der Waals surface area contributed by atoms with Crippen LogP contribution in [0.25, 0.3) is 0 Å². The second-order valence-corrected chi connectivity index (χ2v) is 3.66. The number of para-hydroxylation sites is 1. The van der Waals surface area contributed by atoms with E-state index in [2.05, 4.69) is 15.5 Å². The number of benzene rings is 1. The van der Waals surface area contributed by atoms with Crippen molar-refractivity contribution in [1.29, 1.82) is 0 Å². The van der Waals surface area contributed by atoms with Gasteiger partial charge in [-0.15, -0.1) is 0 Å². The van der Waals surface area contributed by atoms with Gasteiger partial charge >= 0.3 is 5.97 Å². The summed E-state index contributed by atoms with van der Waals surface area (Å²) in [5, 5.41) is 15.5. The molecule has 0 atom stereocenters. The van der Waals surface area contributed by atoms with Crippen LogP contribution >= 0.6 is 0 Å². The Kier molecular flexibility index (Phi) is 3.13. The van der Waals surface area contributed by atoms with Crippen LogP contribution in [-0.2, 0) is 6.54 Å². The average molecular weight is 248 g/mol. The van der Waals surface area contributed by atoms with Crippen molar-refractivity contribution in [1.82, 2.24) is 10.1 Å². The molecule has 0 aliphatic carbocycles. The maximum atomic E-state index is 10.9. The number of nitrogen functional groups attached to an aromatic ring is 1. The third-order valence-corrected chi connectivity index (χ3v) is 2.34. The molecule has 0 saturated carbocycles. The molecule has 7 nitrogen and oxygen atoms in total. The Morgan fingerprint density at radius 2 is 2.33 bits per heavy atom. The lowest BCUT2D eigenvalue weighted by atomic mass is 10.1. The maximum Gasteiger partial charge on any atom is 0.337 e. The fourth-order valence-corrected chi connectivity index (χ4v) is 1.49. The first-order valence-electron chi connectivity index (χ1n) is 5.23. The van der Waals surface area contributed by atoms with E-state index in [0.29, 0.717) is 17.4 Å². The van der Waals surface area contributed by atoms with Gasteiger partial charge in [0.25, 0.3) is 0 Å². The number of hydrogen-bond acceptors (Lipinski definition) is 6. The van der Waals surface area contributed by atoms with E-state index >= 15 is 0 Å². The van der Waals surface area contributed by atoms with E-state index in [0.717, 1.165) is 0 Å². The molecule has 1 aromatic heterocycles. The lowest BCUT2D eigenvalue weighted by Crippen LogP contribution is -2.07. The molecular formula is C11H12N4O3. The second-order valence-electron chi connectivity index (χ2n) is 3.66. The van der Waals surface area contributed by atoms with Gasteiger partial charge in [-0.1, -0.05) is 11.2 Å². The van der Waals surface area contributed by atoms with E-state index in [4.69, 9.17) is 15.4 Å². The Bertz CT molecular complexity index is 579. The zero-order chi connectivity index (χ0) is 13.1. The number of anilines is 2. The summed E-state index contributed by atoms with van der Waals surface area (Å²) >= 11 is 0. The van der Waals surface area contributed by atoms with Crippen LogP contribution in [0.4, 0.5) is 11.4 Å². The number of aryl methyl sites for hydroxylation is 1. The number of nitrogens with zero attached hydrogens (tertiary/aromatic N) is 2. The van der Waals surface area contributed by atoms with Crippen LogP contribution in [0, 0.1) is 6.92 Å². The quantitative estimate of drug-likeness (QED) is 0.698. The predicted octanol–water partition coefficient (Wildman–Crippen LogP) is 1.27. The maximum absolute atomic E-state index is 10.9. The number of hydrogen-bond donors (Lipinski definition) is 3. The Balaban J connectivity index is 2.14. The number of carboxylic acid groups (broad SMARTS) is 1. The SMILES string of the molecule is Cc1noc(CNc2cccc(C(=O)O)c2N)n1. The average Bonchev–Trinajstić information content (AvgIpc) is 2.73. The molecule has 0 unspecified atom stereocenters. The van der Waals surface area contributed by atoms with Crippen LogP contribution in [0.5, 0.6) is 0 Å². The number of aromatic nitrogens is 2. The summed E-state index contributed by atoms with van der Waals surface area (Å²) in [6.07, 6.45) is 0. The molecule has 94 valence electrons. The van der Waals surface area contributed by atoms with Gasteiger partial charge in [0, 0.05) is 0 Å². The largest absolute Gasteiger partial charge is 0.478 e. The van der Waals surface area contributed by atoms with E-state index in [-0.39, 0.29) is 17.8 Å². The standard InChI is InChI=1S/C11H12N4O3/c1-6-14-9(18-15-6)5-13-8-4-2-3-7(10(8)12)11(16)17/h2-4,13H,5,12H2,1H3,(H,16,17). The molecule has 2 rings (SSSR count). The number of rotatable bonds is 4. The first kappa shape index (κ1) is 11.9. The second kappa shape index (κ2) is 4.74. The molecular weight excluding hydrogens is 236 g/mol. The zero-order valence-electron chi connectivity index (χ0n) is 9.67. The number of nitrogens with one attached hydrogen (secondary N) is 1. The van der Waals surface area contributed by atoms with Gasteiger partial charge in [-0.25, -0.2) is 4.79 Å². The summed E-state index contributed by atoms with van der Waals surface area (Å²) in [6, 6.07) is 4.74. The summed E-state index contributed by atoms with van der Waals surface area (Å²) in [5.74, 6) is -0.114. The van der Waals surface area contributed by atoms with Crippen molar-refractivity contribution >= 4 is 17.3 Å². The highest BCUT2D eigenvalue weighted by Crippen LogP contribution is 2.23. The molecule has 2 aromatic rings. The van der Waals surface area contributed by atoms with Gasteiger partial charge in [0.2, 0.25) is 5.89 Å². The summed E-state index contributed by atoms with van der Waals surface area (Å²) in [6.45, 7) is 2.00. The minimum Gasteiger partial charge on any atom is -0.478 e. The smallest absolute Gasteiger partial charge is 0.337 e. The van der Waals surface area contributed by atoms with Crippen molar-refractivity contribution in [3.63, 3.8) is 0 Å². The van der Waals surface area contributed by atoms with Crippen LogP contribution in [0.3, 0.4) is 0 Å². The molecule has 0 fully saturated rings. The number of aromatic carboxylic acids is 1. The number of carboxylic acids is 1. The van der Waals surface area contributed by atoms with Gasteiger partial charge in [-0.3, -0.25) is 0 Å². The summed E-state index contributed by atoms with van der Waals surface area (Å²) in [4.78, 5) is 14.9. The normalized spacial score (nSPS) is 10.3. The summed E-state index contributed by atoms with van der Waals surface area (Å²) in [7, 11) is 0. The highest BCUT2D eigenvalue weighted by molar-refractivity contribution is 5.97. The molecule has 1 heterocycles. The number of nitrogens with two attached hydrogens (primary N) is 1. The first-order valence-corrected chi connectivity index (χ1v) is 5.23. The molecule has 0 bridgehead atoms. The first-order chi connectivity index (χ1) is 8.58. The van der Waals surface area contributed by atoms with E-state index in [1.54, 1.807) is 19.1 Å². The molecule has 18 heavy (non-hydrogen) atoms. The minimum absolute atomic E-state index is 0.0571. The van der Waals surface area contributed by atoms with Gasteiger partial charge in [-0.05, 0) is 19.1 Å². The van der Waals surface area contributed by atoms with Crippen molar-refractivity contribution < 1.29 is 14.4 Å². The third kappa shape index (κ3) is 2.40. The molecule has 0 saturated heterocycles. The molecule has 0 radical (unpaired) electrons. The van der Waals surface area contributed by atoms with Crippen LogP contribution in [0.1, 0.15) is 22.1 Å². The van der Waals surface area contributed by atoms with Gasteiger partial charge < -0.3 is 20.7 Å². The highest BCUT2D eigenvalue weighted by atomic mass is 16.5. The molecule has 0 amide bonds. The van der Waals surface area contributed by atoms with Crippen molar-refractivity contribution in [2.45, 2.75) is 13.5 Å². The van der Waals surface area contributed by atoms with Gasteiger partial charge in [0.05, 0.1) is 23.5 Å². The predicted molar refractivity (Wildman–Crippen MR) is 64.2 cm³/mol. The molecule has 7 heteroatoms. The molecule has 1 aromatic carbocycles. The third-order valence-electron chi connectivity index (χ3n) is 2.34. The van der Waals surface area contributed by atoms with E-state index < -0.39 is 5.97 Å². The fourth-order valence-electron chi connectivity index (χ4n) is 1.49. The molecule has 0 aliphatic heterocycles. The van der Waals surface area contributed by atoms with Gasteiger partial charge in [0.15, 0.2) is 5.82 Å². The summed E-state index contributed by atoms with van der Waals surface area (Å²) < 4.78 is 4.92. The van der Waals surface area contributed by atoms with Gasteiger partial charge in [0.1, 0.15) is 0 Å².